The molecule has 3 N–H and O–H groups in total. The zero-order valence-corrected chi connectivity index (χ0v) is 36.7. The lowest BCUT2D eigenvalue weighted by Crippen LogP contribution is -2.14. The van der Waals surface area contributed by atoms with E-state index >= 15 is 0 Å². The molecule has 0 atom stereocenters. The Morgan fingerprint density at radius 3 is 1.47 bits per heavy atom. The second-order valence-corrected chi connectivity index (χ2v) is 13.2. The highest BCUT2D eigenvalue weighted by atomic mass is 35.5. The summed E-state index contributed by atoms with van der Waals surface area (Å²) in [5.74, 6) is 1.36. The lowest BCUT2D eigenvalue weighted by molar-refractivity contribution is 0.0513. The van der Waals surface area contributed by atoms with Crippen LogP contribution >= 0.6 is 24.0 Å². The smallest absolute Gasteiger partial charge is 0.341 e. The molecule has 0 aliphatic rings. The molecular weight excluding hydrogens is 803 g/mol. The van der Waals surface area contributed by atoms with Crippen LogP contribution in [-0.4, -0.2) is 59.3 Å². The summed E-state index contributed by atoms with van der Waals surface area (Å²) in [7, 11) is 3.34. The standard InChI is InChI=1S/C23H25N3O3.C14H15NO.C9H11ClN2O2.ClH/c1-5-29-22(27)21-15(2)25-23(26-16(21)3)24-14-18-9-6-7-12-20(18)17-10-8-11-19(13-17)28-4;1-16-13-7-4-6-11(9-13)14-8-3-2-5-12(14)10-15;1-4-14-8(13)7-5(2)11-9(10)12-6(7)3;/h6-13H,5,14H2,1-4H3,(H,24,25,26);2-9H,10,15H2,1H3;4H2,1-3H3;1H. The second-order valence-electron chi connectivity index (χ2n) is 12.9. The maximum absolute atomic E-state index is 12.1. The van der Waals surface area contributed by atoms with E-state index in [1.807, 2.05) is 60.7 Å². The molecular formula is C46H52Cl2N6O6. The molecule has 0 saturated heterocycles. The highest BCUT2D eigenvalue weighted by Gasteiger charge is 2.18. The highest BCUT2D eigenvalue weighted by Crippen LogP contribution is 2.28. The molecule has 2 heterocycles. The van der Waals surface area contributed by atoms with Crippen molar-refractivity contribution in [1.29, 1.82) is 0 Å². The van der Waals surface area contributed by atoms with Gasteiger partial charge in [-0.2, -0.15) is 0 Å². The Labute approximate surface area is 363 Å². The molecule has 0 fully saturated rings. The predicted octanol–water partition coefficient (Wildman–Crippen LogP) is 9.72. The van der Waals surface area contributed by atoms with Crippen molar-refractivity contribution < 1.29 is 28.5 Å². The van der Waals surface area contributed by atoms with E-state index in [0.29, 0.717) is 66.2 Å². The first-order valence-corrected chi connectivity index (χ1v) is 19.4. The van der Waals surface area contributed by atoms with E-state index in [2.05, 4.69) is 61.7 Å². The number of anilines is 1. The average molecular weight is 856 g/mol. The number of methoxy groups -OCH3 is 2. The number of nitrogens with two attached hydrogens (primary N) is 1. The number of carbonyl (C=O) groups excluding carboxylic acids is 2. The summed E-state index contributed by atoms with van der Waals surface area (Å²) in [5.41, 5.74) is 15.6. The molecule has 6 rings (SSSR count). The third-order valence-corrected chi connectivity index (χ3v) is 9.10. The lowest BCUT2D eigenvalue weighted by atomic mass is 9.99. The van der Waals surface area contributed by atoms with E-state index in [4.69, 9.17) is 36.3 Å². The van der Waals surface area contributed by atoms with Crippen LogP contribution in [0.15, 0.2) is 97.1 Å². The SMILES string of the molecule is CCOC(=O)c1c(C)nc(Cl)nc1C.CCOC(=O)c1c(C)nc(NCc2ccccc2-c2cccc(OC)c2)nc1C.COc1cccc(-c2ccccc2CN)c1.Cl. The molecule has 0 aliphatic heterocycles. The summed E-state index contributed by atoms with van der Waals surface area (Å²) in [4.78, 5) is 40.2. The van der Waals surface area contributed by atoms with Crippen molar-refractivity contribution >= 4 is 41.9 Å². The molecule has 0 spiro atoms. The molecule has 316 valence electrons. The zero-order chi connectivity index (χ0) is 42.9. The molecule has 0 unspecified atom stereocenters. The van der Waals surface area contributed by atoms with Crippen LogP contribution in [0.3, 0.4) is 0 Å². The zero-order valence-electron chi connectivity index (χ0n) is 35.2. The normalized spacial score (nSPS) is 10.1. The van der Waals surface area contributed by atoms with Gasteiger partial charge in [-0.25, -0.2) is 29.5 Å². The van der Waals surface area contributed by atoms with Crippen LogP contribution in [0.5, 0.6) is 11.5 Å². The van der Waals surface area contributed by atoms with Gasteiger partial charge in [0.05, 0.1) is 50.2 Å². The first kappa shape index (κ1) is 48.3. The monoisotopic (exact) mass is 854 g/mol. The molecule has 0 radical (unpaired) electrons. The van der Waals surface area contributed by atoms with Crippen molar-refractivity contribution in [3.8, 4) is 33.8 Å². The molecule has 6 aromatic rings. The fourth-order valence-corrected chi connectivity index (χ4v) is 6.41. The van der Waals surface area contributed by atoms with Gasteiger partial charge in [-0.15, -0.1) is 12.4 Å². The summed E-state index contributed by atoms with van der Waals surface area (Å²) < 4.78 is 20.5. The number of nitrogens with one attached hydrogen (secondary N) is 1. The molecule has 0 amide bonds. The number of carbonyl (C=O) groups is 2. The van der Waals surface area contributed by atoms with Crippen molar-refractivity contribution in [1.82, 2.24) is 19.9 Å². The summed E-state index contributed by atoms with van der Waals surface area (Å²) in [6.45, 7) is 12.3. The van der Waals surface area contributed by atoms with Crippen LogP contribution in [0.2, 0.25) is 5.28 Å². The van der Waals surface area contributed by atoms with Gasteiger partial charge in [-0.1, -0.05) is 72.8 Å². The van der Waals surface area contributed by atoms with Crippen molar-refractivity contribution in [3.63, 3.8) is 0 Å². The third kappa shape index (κ3) is 13.2. The number of hydrogen-bond donors (Lipinski definition) is 2. The molecule has 12 nitrogen and oxygen atoms in total. The van der Waals surface area contributed by atoms with E-state index < -0.39 is 11.9 Å². The molecule has 4 aromatic carbocycles. The minimum absolute atomic E-state index is 0. The fourth-order valence-electron chi connectivity index (χ4n) is 6.16. The van der Waals surface area contributed by atoms with Crippen LogP contribution in [0.25, 0.3) is 22.3 Å². The first-order chi connectivity index (χ1) is 28.4. The van der Waals surface area contributed by atoms with E-state index in [0.717, 1.165) is 39.3 Å². The number of hydrogen-bond acceptors (Lipinski definition) is 12. The molecule has 60 heavy (non-hydrogen) atoms. The predicted molar refractivity (Wildman–Crippen MR) is 239 cm³/mol. The number of ether oxygens (including phenoxy) is 4. The minimum Gasteiger partial charge on any atom is -0.497 e. The van der Waals surface area contributed by atoms with Crippen LogP contribution in [0.1, 0.15) is 68.5 Å². The van der Waals surface area contributed by atoms with Crippen LogP contribution < -0.4 is 20.5 Å². The van der Waals surface area contributed by atoms with Gasteiger partial charge in [0.2, 0.25) is 11.2 Å². The molecule has 0 aliphatic carbocycles. The number of benzene rings is 4. The van der Waals surface area contributed by atoms with Gasteiger partial charge in [0, 0.05) is 13.1 Å². The van der Waals surface area contributed by atoms with E-state index in [1.54, 1.807) is 55.8 Å². The van der Waals surface area contributed by atoms with Crippen LogP contribution in [-0.2, 0) is 22.6 Å². The largest absolute Gasteiger partial charge is 0.497 e. The summed E-state index contributed by atoms with van der Waals surface area (Å²) in [6.07, 6.45) is 0. The Morgan fingerprint density at radius 2 is 1.03 bits per heavy atom. The molecule has 0 bridgehead atoms. The Kier molecular flexibility index (Phi) is 19.4. The van der Waals surface area contributed by atoms with E-state index in [1.165, 1.54) is 5.56 Å². The number of rotatable bonds is 12. The van der Waals surface area contributed by atoms with Crippen molar-refractivity contribution in [2.45, 2.75) is 54.6 Å². The summed E-state index contributed by atoms with van der Waals surface area (Å²) in [5, 5.41) is 3.42. The van der Waals surface area contributed by atoms with Crippen LogP contribution in [0, 0.1) is 27.7 Å². The maximum atomic E-state index is 12.1. The first-order valence-electron chi connectivity index (χ1n) is 19.0. The summed E-state index contributed by atoms with van der Waals surface area (Å²) >= 11 is 5.63. The highest BCUT2D eigenvalue weighted by molar-refractivity contribution is 6.28. The topological polar surface area (TPSA) is 161 Å². The van der Waals surface area contributed by atoms with Gasteiger partial charge in [0.1, 0.15) is 22.6 Å². The van der Waals surface area contributed by atoms with Gasteiger partial charge in [0.15, 0.2) is 0 Å². The second kappa shape index (κ2) is 24.1. The quantitative estimate of drug-likeness (QED) is 0.0887. The van der Waals surface area contributed by atoms with Gasteiger partial charge in [-0.05, 0) is 111 Å². The van der Waals surface area contributed by atoms with Gasteiger partial charge in [-0.3, -0.25) is 0 Å². The summed E-state index contributed by atoms with van der Waals surface area (Å²) in [6, 6.07) is 32.3. The fraction of sp³-hybridized carbons (Fsp3) is 0.261. The Hall–Kier alpha value is -6.08. The van der Waals surface area contributed by atoms with Gasteiger partial charge < -0.3 is 30.0 Å². The van der Waals surface area contributed by atoms with Crippen molar-refractivity contribution in [2.75, 3.05) is 32.8 Å². The van der Waals surface area contributed by atoms with Crippen molar-refractivity contribution in [2.24, 2.45) is 5.73 Å². The van der Waals surface area contributed by atoms with Gasteiger partial charge >= 0.3 is 11.9 Å². The Bertz CT molecular complexity index is 2310. The van der Waals surface area contributed by atoms with Crippen LogP contribution in [0.4, 0.5) is 5.95 Å². The Morgan fingerprint density at radius 1 is 0.617 bits per heavy atom. The maximum Gasteiger partial charge on any atom is 0.341 e. The number of esters is 2. The number of halogens is 2. The van der Waals surface area contributed by atoms with E-state index in [9.17, 15) is 9.59 Å². The third-order valence-electron chi connectivity index (χ3n) is 8.93. The number of aryl methyl sites for hydroxylation is 4. The average Bonchev–Trinajstić information content (AvgIpc) is 3.23. The molecule has 0 saturated carbocycles. The van der Waals surface area contributed by atoms with Gasteiger partial charge in [0.25, 0.3) is 0 Å². The minimum atomic E-state index is -0.404. The number of aromatic nitrogens is 4. The molecule has 14 heteroatoms. The van der Waals surface area contributed by atoms with Crippen molar-refractivity contribution in [3.05, 3.63) is 147 Å². The lowest BCUT2D eigenvalue weighted by Gasteiger charge is -2.14. The number of nitrogens with zero attached hydrogens (tertiary/aromatic N) is 4. The molecule has 2 aromatic heterocycles. The van der Waals surface area contributed by atoms with E-state index in [-0.39, 0.29) is 17.7 Å². The Balaban J connectivity index is 0.000000262.